The SMILES string of the molecule is CCOc1cc(CNCCN2CCOCC2)c(Br)cc1OCC(=O)NC(C)(C)C. The van der Waals surface area contributed by atoms with Crippen molar-refractivity contribution in [2.75, 3.05) is 52.6 Å². The van der Waals surface area contributed by atoms with Gasteiger partial charge >= 0.3 is 0 Å². The molecule has 0 saturated carbocycles. The maximum Gasteiger partial charge on any atom is 0.258 e. The normalized spacial score (nSPS) is 15.2. The van der Waals surface area contributed by atoms with Crippen molar-refractivity contribution in [2.24, 2.45) is 0 Å². The van der Waals surface area contributed by atoms with Crippen LogP contribution in [0.1, 0.15) is 33.3 Å². The molecule has 7 nitrogen and oxygen atoms in total. The monoisotopic (exact) mass is 471 g/mol. The summed E-state index contributed by atoms with van der Waals surface area (Å²) in [4.78, 5) is 14.4. The van der Waals surface area contributed by atoms with Crippen LogP contribution in [0.2, 0.25) is 0 Å². The Morgan fingerprint density at radius 2 is 1.90 bits per heavy atom. The van der Waals surface area contributed by atoms with Crippen molar-refractivity contribution in [3.63, 3.8) is 0 Å². The third-order valence-electron chi connectivity index (χ3n) is 4.31. The van der Waals surface area contributed by atoms with Crippen LogP contribution in [0.25, 0.3) is 0 Å². The number of nitrogens with zero attached hydrogens (tertiary/aromatic N) is 1. The maximum absolute atomic E-state index is 12.0. The van der Waals surface area contributed by atoms with Gasteiger partial charge in [0, 0.05) is 42.7 Å². The Labute approximate surface area is 182 Å². The van der Waals surface area contributed by atoms with Crippen molar-refractivity contribution in [2.45, 2.75) is 39.8 Å². The number of nitrogens with one attached hydrogen (secondary N) is 2. The van der Waals surface area contributed by atoms with E-state index in [-0.39, 0.29) is 18.1 Å². The van der Waals surface area contributed by atoms with Crippen LogP contribution in [0.4, 0.5) is 0 Å². The molecule has 0 atom stereocenters. The molecule has 2 N–H and O–H groups in total. The van der Waals surface area contributed by atoms with Gasteiger partial charge in [-0.2, -0.15) is 0 Å². The van der Waals surface area contributed by atoms with E-state index < -0.39 is 0 Å². The molecule has 0 bridgehead atoms. The first-order valence-corrected chi connectivity index (χ1v) is 11.0. The molecule has 1 aromatic carbocycles. The lowest BCUT2D eigenvalue weighted by molar-refractivity contribution is -0.124. The Morgan fingerprint density at radius 3 is 2.55 bits per heavy atom. The third-order valence-corrected chi connectivity index (χ3v) is 5.05. The zero-order chi connectivity index (χ0) is 21.3. The molecular weight excluding hydrogens is 438 g/mol. The van der Waals surface area contributed by atoms with Crippen LogP contribution < -0.4 is 20.1 Å². The second kappa shape index (κ2) is 11.7. The molecule has 0 spiro atoms. The Morgan fingerprint density at radius 1 is 1.21 bits per heavy atom. The molecule has 1 fully saturated rings. The maximum atomic E-state index is 12.0. The summed E-state index contributed by atoms with van der Waals surface area (Å²) in [5.74, 6) is 1.04. The minimum absolute atomic E-state index is 0.0546. The fraction of sp³-hybridized carbons (Fsp3) is 0.667. The molecule has 0 unspecified atom stereocenters. The number of carbonyl (C=O) groups is 1. The minimum atomic E-state index is -0.291. The van der Waals surface area contributed by atoms with Crippen LogP contribution in [0.5, 0.6) is 11.5 Å². The minimum Gasteiger partial charge on any atom is -0.490 e. The molecule has 1 saturated heterocycles. The summed E-state index contributed by atoms with van der Waals surface area (Å²) in [6, 6.07) is 3.83. The number of rotatable bonds is 10. The van der Waals surface area contributed by atoms with Gasteiger partial charge in [0.15, 0.2) is 18.1 Å². The number of benzene rings is 1. The van der Waals surface area contributed by atoms with Gasteiger partial charge in [0.25, 0.3) is 5.91 Å². The van der Waals surface area contributed by atoms with Crippen molar-refractivity contribution in [3.8, 4) is 11.5 Å². The predicted octanol–water partition coefficient (Wildman–Crippen LogP) is 2.56. The van der Waals surface area contributed by atoms with E-state index in [1.165, 1.54) is 0 Å². The van der Waals surface area contributed by atoms with E-state index in [0.29, 0.717) is 18.1 Å². The van der Waals surface area contributed by atoms with E-state index in [1.54, 1.807) is 0 Å². The molecule has 1 aliphatic rings. The van der Waals surface area contributed by atoms with Crippen LogP contribution in [-0.4, -0.2) is 69.0 Å². The number of carbonyl (C=O) groups excluding carboxylic acids is 1. The summed E-state index contributed by atoms with van der Waals surface area (Å²) in [6.45, 7) is 14.5. The average Bonchev–Trinajstić information content (AvgIpc) is 2.65. The van der Waals surface area contributed by atoms with Gasteiger partial charge in [0.2, 0.25) is 0 Å². The lowest BCUT2D eigenvalue weighted by Gasteiger charge is -2.26. The standard InChI is InChI=1S/C21H34BrN3O4/c1-5-28-18-12-16(14-23-6-7-25-8-10-27-11-9-25)17(22)13-19(18)29-15-20(26)24-21(2,3)4/h12-13,23H,5-11,14-15H2,1-4H3,(H,24,26). The van der Waals surface area contributed by atoms with Gasteiger partial charge in [0.05, 0.1) is 19.8 Å². The molecule has 1 aliphatic heterocycles. The van der Waals surface area contributed by atoms with Crippen molar-refractivity contribution in [1.29, 1.82) is 0 Å². The number of amides is 1. The first-order valence-electron chi connectivity index (χ1n) is 10.2. The number of halogens is 1. The van der Waals surface area contributed by atoms with Crippen molar-refractivity contribution in [1.82, 2.24) is 15.5 Å². The van der Waals surface area contributed by atoms with Gasteiger partial charge in [-0.05, 0) is 45.4 Å². The summed E-state index contributed by atoms with van der Waals surface area (Å²) >= 11 is 3.61. The summed E-state index contributed by atoms with van der Waals surface area (Å²) < 4.78 is 17.8. The Balaban J connectivity index is 1.90. The van der Waals surface area contributed by atoms with Crippen molar-refractivity contribution >= 4 is 21.8 Å². The Hall–Kier alpha value is -1.35. The average molecular weight is 472 g/mol. The van der Waals surface area contributed by atoms with Gasteiger partial charge < -0.3 is 24.8 Å². The molecule has 1 heterocycles. The van der Waals surface area contributed by atoms with Crippen LogP contribution >= 0.6 is 15.9 Å². The predicted molar refractivity (Wildman–Crippen MR) is 118 cm³/mol. The van der Waals surface area contributed by atoms with E-state index in [1.807, 2.05) is 39.8 Å². The molecule has 1 amide bonds. The largest absolute Gasteiger partial charge is 0.490 e. The summed E-state index contributed by atoms with van der Waals surface area (Å²) in [5.41, 5.74) is 0.794. The van der Waals surface area contributed by atoms with Crippen LogP contribution in [-0.2, 0) is 16.1 Å². The lowest BCUT2D eigenvalue weighted by Crippen LogP contribution is -2.43. The van der Waals surface area contributed by atoms with Crippen LogP contribution in [0, 0.1) is 0 Å². The van der Waals surface area contributed by atoms with Crippen LogP contribution in [0.15, 0.2) is 16.6 Å². The highest BCUT2D eigenvalue weighted by Gasteiger charge is 2.16. The van der Waals surface area contributed by atoms with Gasteiger partial charge in [-0.15, -0.1) is 0 Å². The smallest absolute Gasteiger partial charge is 0.258 e. The third kappa shape index (κ3) is 8.90. The molecule has 164 valence electrons. The van der Waals surface area contributed by atoms with Crippen LogP contribution in [0.3, 0.4) is 0 Å². The van der Waals surface area contributed by atoms with Gasteiger partial charge in [-0.25, -0.2) is 0 Å². The van der Waals surface area contributed by atoms with Gasteiger partial charge in [0.1, 0.15) is 0 Å². The first-order chi connectivity index (χ1) is 13.8. The molecule has 0 aliphatic carbocycles. The van der Waals surface area contributed by atoms with E-state index in [0.717, 1.165) is 56.0 Å². The highest BCUT2D eigenvalue weighted by atomic mass is 79.9. The highest BCUT2D eigenvalue weighted by molar-refractivity contribution is 9.10. The number of ether oxygens (including phenoxy) is 3. The van der Waals surface area contributed by atoms with Gasteiger partial charge in [-0.3, -0.25) is 9.69 Å². The van der Waals surface area contributed by atoms with Crippen molar-refractivity contribution in [3.05, 3.63) is 22.2 Å². The molecule has 0 aromatic heterocycles. The van der Waals surface area contributed by atoms with Crippen molar-refractivity contribution < 1.29 is 19.0 Å². The molecule has 0 radical (unpaired) electrons. The zero-order valence-corrected chi connectivity index (χ0v) is 19.6. The van der Waals surface area contributed by atoms with E-state index >= 15 is 0 Å². The molecule has 2 rings (SSSR count). The van der Waals surface area contributed by atoms with E-state index in [4.69, 9.17) is 14.2 Å². The number of morpholine rings is 1. The van der Waals surface area contributed by atoms with E-state index in [2.05, 4.69) is 31.5 Å². The summed E-state index contributed by atoms with van der Waals surface area (Å²) in [7, 11) is 0. The van der Waals surface area contributed by atoms with Gasteiger partial charge in [-0.1, -0.05) is 15.9 Å². The quantitative estimate of drug-likeness (QED) is 0.510. The lowest BCUT2D eigenvalue weighted by atomic mass is 10.1. The Kier molecular flexibility index (Phi) is 9.68. The second-order valence-corrected chi connectivity index (χ2v) is 8.90. The Bertz CT molecular complexity index is 658. The molecule has 29 heavy (non-hydrogen) atoms. The van der Waals surface area contributed by atoms with E-state index in [9.17, 15) is 4.79 Å². The fourth-order valence-corrected chi connectivity index (χ4v) is 3.44. The highest BCUT2D eigenvalue weighted by Crippen LogP contribution is 2.34. The topological polar surface area (TPSA) is 72.1 Å². The number of hydrogen-bond donors (Lipinski definition) is 2. The number of hydrogen-bond acceptors (Lipinski definition) is 6. The first kappa shape index (κ1) is 23.9. The summed E-state index contributed by atoms with van der Waals surface area (Å²) in [5, 5.41) is 6.37. The zero-order valence-electron chi connectivity index (χ0n) is 18.0. The summed E-state index contributed by atoms with van der Waals surface area (Å²) in [6.07, 6.45) is 0. The molecule has 8 heteroatoms. The second-order valence-electron chi connectivity index (χ2n) is 8.04. The fourth-order valence-electron chi connectivity index (χ4n) is 2.98. The molecule has 1 aromatic rings. The molecular formula is C21H34BrN3O4.